The lowest BCUT2D eigenvalue weighted by Gasteiger charge is -2.44. The molecule has 2 N–H and O–H groups in total. The van der Waals surface area contributed by atoms with E-state index in [0.717, 1.165) is 30.5 Å². The Kier molecular flexibility index (Phi) is 4.69. The Morgan fingerprint density at radius 3 is 2.69 bits per heavy atom. The zero-order chi connectivity index (χ0) is 20.0. The molecule has 3 heterocycles. The highest BCUT2D eigenvalue weighted by Crippen LogP contribution is 2.52. The summed E-state index contributed by atoms with van der Waals surface area (Å²) in [7, 11) is 0. The number of thiophene rings is 1. The van der Waals surface area contributed by atoms with Crippen LogP contribution in [-0.4, -0.2) is 65.5 Å². The van der Waals surface area contributed by atoms with Crippen LogP contribution in [0, 0.1) is 0 Å². The Balaban J connectivity index is 1.42. The third kappa shape index (κ3) is 2.99. The lowest BCUT2D eigenvalue weighted by Crippen LogP contribution is -2.54. The van der Waals surface area contributed by atoms with Gasteiger partial charge >= 0.3 is 0 Å². The van der Waals surface area contributed by atoms with E-state index in [1.165, 1.54) is 16.9 Å². The van der Waals surface area contributed by atoms with Crippen molar-refractivity contribution in [3.05, 3.63) is 57.8 Å². The van der Waals surface area contributed by atoms with Crippen molar-refractivity contribution >= 4 is 23.2 Å². The second-order valence-electron chi connectivity index (χ2n) is 8.26. The van der Waals surface area contributed by atoms with Gasteiger partial charge < -0.3 is 15.3 Å². The molecule has 1 spiro atoms. The van der Waals surface area contributed by atoms with Gasteiger partial charge in [0.25, 0.3) is 5.91 Å². The maximum Gasteiger partial charge on any atom is 0.254 e. The van der Waals surface area contributed by atoms with Gasteiger partial charge in [-0.15, -0.1) is 0 Å². The summed E-state index contributed by atoms with van der Waals surface area (Å²) in [6.45, 7) is 2.93. The van der Waals surface area contributed by atoms with Gasteiger partial charge in [0, 0.05) is 37.0 Å². The number of carbonyl (C=O) groups is 2. The van der Waals surface area contributed by atoms with Gasteiger partial charge in [-0.05, 0) is 35.4 Å². The summed E-state index contributed by atoms with van der Waals surface area (Å²) in [5, 5.41) is 18.2. The summed E-state index contributed by atoms with van der Waals surface area (Å²) >= 11 is 1.53. The second-order valence-corrected chi connectivity index (χ2v) is 9.04. The molecular weight excluding hydrogens is 386 g/mol. The van der Waals surface area contributed by atoms with Crippen LogP contribution in [0.25, 0.3) is 0 Å². The van der Waals surface area contributed by atoms with E-state index >= 15 is 0 Å². The molecule has 152 valence electrons. The van der Waals surface area contributed by atoms with E-state index < -0.39 is 6.10 Å². The van der Waals surface area contributed by atoms with Gasteiger partial charge in [0.15, 0.2) is 0 Å². The van der Waals surface area contributed by atoms with Crippen LogP contribution in [0.15, 0.2) is 41.1 Å². The number of nitrogens with one attached hydrogen (secondary N) is 1. The van der Waals surface area contributed by atoms with Crippen molar-refractivity contribution in [2.24, 2.45) is 0 Å². The maximum absolute atomic E-state index is 12.8. The molecule has 2 fully saturated rings. The first-order chi connectivity index (χ1) is 14.1. The number of hydrogen-bond acceptors (Lipinski definition) is 5. The number of hydrogen-bond donors (Lipinski definition) is 2. The van der Waals surface area contributed by atoms with Crippen molar-refractivity contribution in [2.75, 3.05) is 32.7 Å². The van der Waals surface area contributed by atoms with Crippen LogP contribution >= 0.6 is 11.3 Å². The van der Waals surface area contributed by atoms with Crippen molar-refractivity contribution in [2.45, 2.75) is 30.4 Å². The Hall–Kier alpha value is -2.22. The molecule has 7 heteroatoms. The van der Waals surface area contributed by atoms with Gasteiger partial charge in [0.1, 0.15) is 0 Å². The quantitative estimate of drug-likeness (QED) is 0.790. The highest BCUT2D eigenvalue weighted by Gasteiger charge is 2.54. The molecule has 0 saturated carbocycles. The predicted octanol–water partition coefficient (Wildman–Crippen LogP) is 1.77. The molecule has 2 atom stereocenters. The number of piperidine rings is 1. The lowest BCUT2D eigenvalue weighted by molar-refractivity contribution is -0.126. The molecule has 2 aliphatic heterocycles. The minimum Gasteiger partial charge on any atom is -0.390 e. The number of nitrogens with zero attached hydrogens (tertiary/aromatic N) is 2. The van der Waals surface area contributed by atoms with Gasteiger partial charge in [-0.25, -0.2) is 0 Å². The summed E-state index contributed by atoms with van der Waals surface area (Å²) in [6.07, 6.45) is 0.888. The molecular formula is C22H25N3O3S. The average molecular weight is 412 g/mol. The molecule has 3 aliphatic rings. The van der Waals surface area contributed by atoms with Crippen LogP contribution in [0.3, 0.4) is 0 Å². The topological polar surface area (TPSA) is 72.9 Å². The molecule has 0 bridgehead atoms. The van der Waals surface area contributed by atoms with E-state index in [0.29, 0.717) is 26.2 Å². The van der Waals surface area contributed by atoms with Crippen LogP contribution in [0.5, 0.6) is 0 Å². The van der Waals surface area contributed by atoms with Crippen molar-refractivity contribution in [1.82, 2.24) is 15.1 Å². The van der Waals surface area contributed by atoms with Gasteiger partial charge in [0.05, 0.1) is 24.3 Å². The SMILES string of the molecule is O=C1CN([C@@H]2c3ccccc3C3(CCN(C(=O)c4ccsc4)CC3)[C@H]2O)CCN1. The van der Waals surface area contributed by atoms with Crippen LogP contribution in [0.1, 0.15) is 40.4 Å². The number of amides is 2. The standard InChI is InChI=1S/C22H25N3O3S/c26-18-13-25(11-8-23-18)19-16-3-1-2-4-17(16)22(20(19)27)6-9-24(10-7-22)21(28)15-5-12-29-14-15/h1-5,12,14,19-20,27H,6-11,13H2,(H,23,26)/t19-,20+/m1/s1. The zero-order valence-corrected chi connectivity index (χ0v) is 17.0. The number of likely N-dealkylation sites (tertiary alicyclic amines) is 1. The van der Waals surface area contributed by atoms with Gasteiger partial charge in [0.2, 0.25) is 5.91 Å². The number of rotatable bonds is 2. The Morgan fingerprint density at radius 2 is 1.97 bits per heavy atom. The smallest absolute Gasteiger partial charge is 0.254 e. The van der Waals surface area contributed by atoms with E-state index in [1.54, 1.807) is 0 Å². The number of benzene rings is 1. The molecule has 1 aliphatic carbocycles. The fraction of sp³-hybridized carbons (Fsp3) is 0.455. The van der Waals surface area contributed by atoms with Crippen molar-refractivity contribution < 1.29 is 14.7 Å². The maximum atomic E-state index is 12.8. The van der Waals surface area contributed by atoms with Crippen molar-refractivity contribution in [1.29, 1.82) is 0 Å². The van der Waals surface area contributed by atoms with E-state index in [2.05, 4.69) is 22.3 Å². The Labute approximate surface area is 174 Å². The van der Waals surface area contributed by atoms with E-state index in [1.807, 2.05) is 33.9 Å². The van der Waals surface area contributed by atoms with E-state index in [4.69, 9.17) is 0 Å². The summed E-state index contributed by atoms with van der Waals surface area (Å²) in [5.74, 6) is 0.0872. The molecule has 1 aromatic carbocycles. The van der Waals surface area contributed by atoms with Crippen LogP contribution < -0.4 is 5.32 Å². The number of aliphatic hydroxyl groups excluding tert-OH is 1. The monoisotopic (exact) mass is 411 g/mol. The minimum atomic E-state index is -0.579. The first-order valence-electron chi connectivity index (χ1n) is 10.2. The molecule has 2 amide bonds. The predicted molar refractivity (Wildman–Crippen MR) is 111 cm³/mol. The highest BCUT2D eigenvalue weighted by molar-refractivity contribution is 7.08. The number of fused-ring (bicyclic) bond motifs is 2. The number of aliphatic hydroxyl groups is 1. The molecule has 5 rings (SSSR count). The number of carbonyl (C=O) groups excluding carboxylic acids is 2. The summed E-state index contributed by atoms with van der Waals surface area (Å²) < 4.78 is 0. The van der Waals surface area contributed by atoms with Crippen LogP contribution in [-0.2, 0) is 10.2 Å². The lowest BCUT2D eigenvalue weighted by atomic mass is 9.72. The van der Waals surface area contributed by atoms with Crippen molar-refractivity contribution in [3.63, 3.8) is 0 Å². The molecule has 1 aromatic heterocycles. The third-order valence-electron chi connectivity index (χ3n) is 6.85. The van der Waals surface area contributed by atoms with Crippen LogP contribution in [0.2, 0.25) is 0 Å². The summed E-state index contributed by atoms with van der Waals surface area (Å²) in [5.41, 5.74) is 2.70. The van der Waals surface area contributed by atoms with Gasteiger partial charge in [-0.3, -0.25) is 14.5 Å². The Bertz CT molecular complexity index is 921. The van der Waals surface area contributed by atoms with Crippen LogP contribution in [0.4, 0.5) is 0 Å². The zero-order valence-electron chi connectivity index (χ0n) is 16.2. The fourth-order valence-corrected chi connectivity index (χ4v) is 6.00. The van der Waals surface area contributed by atoms with E-state index in [-0.39, 0.29) is 23.3 Å². The van der Waals surface area contributed by atoms with Crippen molar-refractivity contribution in [3.8, 4) is 0 Å². The molecule has 0 radical (unpaired) electrons. The average Bonchev–Trinajstić information content (AvgIpc) is 3.35. The normalized spacial score (nSPS) is 26.4. The minimum absolute atomic E-state index is 0.0121. The summed E-state index contributed by atoms with van der Waals surface area (Å²) in [4.78, 5) is 28.7. The second kappa shape index (κ2) is 7.23. The molecule has 6 nitrogen and oxygen atoms in total. The largest absolute Gasteiger partial charge is 0.390 e. The third-order valence-corrected chi connectivity index (χ3v) is 7.54. The summed E-state index contributed by atoms with van der Waals surface area (Å²) in [6, 6.07) is 9.95. The molecule has 2 aromatic rings. The molecule has 2 saturated heterocycles. The van der Waals surface area contributed by atoms with Gasteiger partial charge in [-0.2, -0.15) is 11.3 Å². The highest BCUT2D eigenvalue weighted by atomic mass is 32.1. The Morgan fingerprint density at radius 1 is 1.17 bits per heavy atom. The fourth-order valence-electron chi connectivity index (χ4n) is 5.37. The molecule has 0 unspecified atom stereocenters. The van der Waals surface area contributed by atoms with Gasteiger partial charge in [-0.1, -0.05) is 24.3 Å². The van der Waals surface area contributed by atoms with E-state index in [9.17, 15) is 14.7 Å². The first kappa shape index (κ1) is 18.8. The molecule has 29 heavy (non-hydrogen) atoms. The first-order valence-corrected chi connectivity index (χ1v) is 11.1. The number of piperazine rings is 1.